The predicted molar refractivity (Wildman–Crippen MR) is 152 cm³/mol. The fraction of sp³-hybridized carbons (Fsp3) is 0.179. The number of imide groups is 1. The molecule has 214 valence electrons. The van der Waals surface area contributed by atoms with E-state index in [4.69, 9.17) is 11.6 Å². The number of pyridine rings is 1. The number of carbonyl (C=O) groups is 3. The second-order valence-electron chi connectivity index (χ2n) is 9.57. The van der Waals surface area contributed by atoms with Gasteiger partial charge in [0.05, 0.1) is 22.2 Å². The summed E-state index contributed by atoms with van der Waals surface area (Å²) in [7, 11) is 0. The van der Waals surface area contributed by atoms with Crippen LogP contribution in [-0.2, 0) is 27.1 Å². The zero-order chi connectivity index (χ0) is 29.8. The number of thioether (sulfide) groups is 1. The van der Waals surface area contributed by atoms with Crippen LogP contribution >= 0.6 is 34.7 Å². The number of nitrogens with one attached hydrogen (secondary N) is 1. The molecule has 42 heavy (non-hydrogen) atoms. The molecule has 0 bridgehead atoms. The van der Waals surface area contributed by atoms with Gasteiger partial charge >= 0.3 is 11.0 Å². The molecule has 1 fully saturated rings. The van der Waals surface area contributed by atoms with Gasteiger partial charge in [0.25, 0.3) is 0 Å². The highest BCUT2D eigenvalue weighted by atomic mass is 35.5. The summed E-state index contributed by atoms with van der Waals surface area (Å²) in [4.78, 5) is 58.6. The summed E-state index contributed by atoms with van der Waals surface area (Å²) in [5, 5.41) is 2.48. The van der Waals surface area contributed by atoms with Crippen molar-refractivity contribution < 1.29 is 27.6 Å². The monoisotopic (exact) mass is 630 g/mol. The number of thiazole rings is 1. The number of alkyl halides is 3. The van der Waals surface area contributed by atoms with Crippen molar-refractivity contribution in [1.82, 2.24) is 9.55 Å². The molecule has 1 N–H and O–H groups in total. The quantitative estimate of drug-likeness (QED) is 0.296. The number of aromatic nitrogens is 2. The summed E-state index contributed by atoms with van der Waals surface area (Å²) in [6, 6.07) is 13.8. The van der Waals surface area contributed by atoms with Crippen LogP contribution in [0, 0.1) is 5.92 Å². The van der Waals surface area contributed by atoms with Crippen LogP contribution in [0.5, 0.6) is 0 Å². The molecule has 0 radical (unpaired) electrons. The average molecular weight is 631 g/mol. The summed E-state index contributed by atoms with van der Waals surface area (Å²) in [5.74, 6) is -3.68. The van der Waals surface area contributed by atoms with Crippen LogP contribution in [0.3, 0.4) is 0 Å². The predicted octanol–water partition coefficient (Wildman–Crippen LogP) is 5.41. The minimum atomic E-state index is -4.67. The van der Waals surface area contributed by atoms with Crippen LogP contribution in [0.2, 0.25) is 5.02 Å². The maximum atomic E-state index is 13.8. The van der Waals surface area contributed by atoms with E-state index in [1.165, 1.54) is 23.0 Å². The fourth-order valence-corrected chi connectivity index (χ4v) is 8.03. The van der Waals surface area contributed by atoms with E-state index >= 15 is 0 Å². The molecule has 3 amide bonds. The lowest BCUT2D eigenvalue weighted by molar-refractivity contribution is -0.137. The third-order valence-corrected chi connectivity index (χ3v) is 9.81. The minimum Gasteiger partial charge on any atom is -0.325 e. The average Bonchev–Trinajstić information content (AvgIpc) is 3.40. The Bertz CT molecular complexity index is 1780. The number of benzene rings is 2. The zero-order valence-corrected chi connectivity index (χ0v) is 23.6. The normalized spacial score (nSPS) is 19.9. The molecular formula is C28H18ClF3N4O4S2. The van der Waals surface area contributed by atoms with Crippen molar-refractivity contribution in [2.75, 3.05) is 10.2 Å². The van der Waals surface area contributed by atoms with E-state index in [-0.39, 0.29) is 12.2 Å². The lowest BCUT2D eigenvalue weighted by atomic mass is 9.84. The molecule has 4 aromatic rings. The highest BCUT2D eigenvalue weighted by molar-refractivity contribution is 8.00. The Hall–Kier alpha value is -3.94. The van der Waals surface area contributed by atoms with Crippen LogP contribution < -0.4 is 15.1 Å². The second kappa shape index (κ2) is 10.7. The highest BCUT2D eigenvalue weighted by Gasteiger charge is 2.57. The van der Waals surface area contributed by atoms with Crippen molar-refractivity contribution in [3.05, 3.63) is 104 Å². The summed E-state index contributed by atoms with van der Waals surface area (Å²) < 4.78 is 41.6. The lowest BCUT2D eigenvalue weighted by Gasteiger charge is -2.30. The first-order valence-electron chi connectivity index (χ1n) is 12.4. The first kappa shape index (κ1) is 28.2. The van der Waals surface area contributed by atoms with Crippen LogP contribution in [-0.4, -0.2) is 32.5 Å². The fourth-order valence-electron chi connectivity index (χ4n) is 5.13. The Kier molecular flexibility index (Phi) is 7.19. The van der Waals surface area contributed by atoms with Crippen molar-refractivity contribution in [2.24, 2.45) is 5.92 Å². The van der Waals surface area contributed by atoms with Gasteiger partial charge in [0.15, 0.2) is 0 Å². The maximum Gasteiger partial charge on any atom is 0.416 e. The Morgan fingerprint density at radius 1 is 1.02 bits per heavy atom. The van der Waals surface area contributed by atoms with E-state index in [1.54, 1.807) is 36.4 Å². The molecule has 2 aromatic heterocycles. The number of anilines is 2. The third kappa shape index (κ3) is 5.01. The number of nitrogens with zero attached hydrogens (tertiary/aromatic N) is 3. The number of fused-ring (bicyclic) bond motifs is 2. The number of halogens is 4. The molecule has 0 aliphatic carbocycles. The van der Waals surface area contributed by atoms with E-state index in [0.717, 1.165) is 46.2 Å². The SMILES string of the molecule is O=C(Cn1c2c(sc1=O)[C@H](c1cccnc1)C1C(=O)N(c3cccc(C(F)(F)F)c3)C(=O)C1S2)Nc1ccc(Cl)cc1. The van der Waals surface area contributed by atoms with Gasteiger partial charge in [-0.25, -0.2) is 4.90 Å². The molecule has 2 aliphatic rings. The first-order valence-corrected chi connectivity index (χ1v) is 14.5. The molecule has 3 atom stereocenters. The van der Waals surface area contributed by atoms with Crippen molar-refractivity contribution in [3.63, 3.8) is 0 Å². The molecule has 14 heteroatoms. The summed E-state index contributed by atoms with van der Waals surface area (Å²) in [6.07, 6.45) is -1.62. The molecule has 0 saturated carbocycles. The molecule has 1 saturated heterocycles. The van der Waals surface area contributed by atoms with Crippen LogP contribution in [0.15, 0.2) is 82.9 Å². The van der Waals surface area contributed by atoms with Crippen LogP contribution in [0.1, 0.15) is 21.9 Å². The van der Waals surface area contributed by atoms with Crippen LogP contribution in [0.25, 0.3) is 0 Å². The molecule has 2 unspecified atom stereocenters. The summed E-state index contributed by atoms with van der Waals surface area (Å²) in [5.41, 5.74) is -0.162. The number of hydrogen-bond acceptors (Lipinski definition) is 7. The summed E-state index contributed by atoms with van der Waals surface area (Å²) >= 11 is 7.72. The maximum absolute atomic E-state index is 13.8. The van der Waals surface area contributed by atoms with Crippen molar-refractivity contribution in [3.8, 4) is 0 Å². The van der Waals surface area contributed by atoms with Gasteiger partial charge in [0.1, 0.15) is 11.8 Å². The van der Waals surface area contributed by atoms with Gasteiger partial charge in [-0.3, -0.25) is 28.7 Å². The van der Waals surface area contributed by atoms with Crippen molar-refractivity contribution in [1.29, 1.82) is 0 Å². The number of amides is 3. The lowest BCUT2D eigenvalue weighted by Crippen LogP contribution is -2.33. The molecule has 4 heterocycles. The van der Waals surface area contributed by atoms with Crippen LogP contribution in [0.4, 0.5) is 24.5 Å². The Morgan fingerprint density at radius 2 is 1.79 bits per heavy atom. The van der Waals surface area contributed by atoms with E-state index in [0.29, 0.717) is 26.2 Å². The second-order valence-corrected chi connectivity index (χ2v) is 12.1. The van der Waals surface area contributed by atoms with E-state index in [1.807, 2.05) is 0 Å². The van der Waals surface area contributed by atoms with Gasteiger partial charge < -0.3 is 5.32 Å². The molecule has 0 spiro atoms. The van der Waals surface area contributed by atoms with E-state index < -0.39 is 51.4 Å². The van der Waals surface area contributed by atoms with E-state index in [9.17, 15) is 32.3 Å². The molecule has 6 rings (SSSR count). The Labute approximate surface area is 249 Å². The van der Waals surface area contributed by atoms with Crippen molar-refractivity contribution >= 4 is 63.8 Å². The van der Waals surface area contributed by atoms with Gasteiger partial charge in [-0.05, 0) is 54.1 Å². The Morgan fingerprint density at radius 3 is 2.48 bits per heavy atom. The van der Waals surface area contributed by atoms with Crippen molar-refractivity contribution in [2.45, 2.75) is 28.9 Å². The van der Waals surface area contributed by atoms with Gasteiger partial charge in [-0.1, -0.05) is 46.8 Å². The largest absolute Gasteiger partial charge is 0.416 e. The Balaban J connectivity index is 1.39. The van der Waals surface area contributed by atoms with E-state index in [2.05, 4.69) is 10.3 Å². The summed E-state index contributed by atoms with van der Waals surface area (Å²) in [6.45, 7) is -0.364. The van der Waals surface area contributed by atoms with Gasteiger partial charge in [-0.2, -0.15) is 13.2 Å². The number of hydrogen-bond donors (Lipinski definition) is 1. The number of carbonyl (C=O) groups excluding carboxylic acids is 3. The van der Waals surface area contributed by atoms with Gasteiger partial charge in [0, 0.05) is 33.9 Å². The first-order chi connectivity index (χ1) is 20.0. The molecule has 2 aliphatic heterocycles. The molecule has 2 aromatic carbocycles. The highest BCUT2D eigenvalue weighted by Crippen LogP contribution is 2.54. The smallest absolute Gasteiger partial charge is 0.325 e. The van der Waals surface area contributed by atoms with Gasteiger partial charge in [0.2, 0.25) is 17.7 Å². The minimum absolute atomic E-state index is 0.192. The number of rotatable bonds is 5. The third-order valence-electron chi connectivity index (χ3n) is 6.95. The zero-order valence-electron chi connectivity index (χ0n) is 21.2. The molecule has 8 nitrogen and oxygen atoms in total. The van der Waals surface area contributed by atoms with Gasteiger partial charge in [-0.15, -0.1) is 0 Å². The molecular weight excluding hydrogens is 613 g/mol. The standard InChI is InChI=1S/C28H18ClF3N4O4S2/c29-16-6-8-17(9-7-16)34-19(37)13-35-26-23(42-27(35)40)20(14-3-2-10-33-12-14)21-22(41-26)25(39)36(24(21)38)18-5-1-4-15(11-18)28(30,31)32/h1-12,20-22H,13H2,(H,34,37)/t20-,21?,22?/m1/s1. The topological polar surface area (TPSA) is 101 Å².